The lowest BCUT2D eigenvalue weighted by Crippen LogP contribution is -2.22. The Kier molecular flexibility index (Phi) is 6.92. The summed E-state index contributed by atoms with van der Waals surface area (Å²) in [7, 11) is 0. The van der Waals surface area contributed by atoms with Gasteiger partial charge in [-0.3, -0.25) is 9.59 Å². The van der Waals surface area contributed by atoms with Gasteiger partial charge < -0.3 is 5.32 Å². The molecular formula is C17H15BrIN3O2. The number of carbonyl (C=O) groups is 2. The third kappa shape index (κ3) is 5.72. The van der Waals surface area contributed by atoms with Crippen molar-refractivity contribution in [3.05, 3.63) is 62.1 Å². The second-order valence-corrected chi connectivity index (χ2v) is 7.08. The van der Waals surface area contributed by atoms with Crippen molar-refractivity contribution in [2.75, 3.05) is 5.32 Å². The van der Waals surface area contributed by atoms with Gasteiger partial charge in [-0.05, 0) is 65.9 Å². The average molecular weight is 500 g/mol. The quantitative estimate of drug-likeness (QED) is 0.368. The molecule has 5 nitrogen and oxygen atoms in total. The van der Waals surface area contributed by atoms with Gasteiger partial charge in [0.1, 0.15) is 0 Å². The van der Waals surface area contributed by atoms with Gasteiger partial charge in [0.2, 0.25) is 5.91 Å². The molecule has 0 unspecified atom stereocenters. The van der Waals surface area contributed by atoms with Crippen LogP contribution >= 0.6 is 38.5 Å². The van der Waals surface area contributed by atoms with Crippen molar-refractivity contribution in [1.29, 1.82) is 0 Å². The van der Waals surface area contributed by atoms with Gasteiger partial charge >= 0.3 is 0 Å². The molecule has 0 saturated carbocycles. The van der Waals surface area contributed by atoms with Gasteiger partial charge in [0.15, 0.2) is 0 Å². The predicted molar refractivity (Wildman–Crippen MR) is 107 cm³/mol. The fourth-order valence-electron chi connectivity index (χ4n) is 1.86. The summed E-state index contributed by atoms with van der Waals surface area (Å²) in [4.78, 5) is 24.0. The Labute approximate surface area is 162 Å². The Balaban J connectivity index is 1.89. The average Bonchev–Trinajstić information content (AvgIpc) is 2.55. The Morgan fingerprint density at radius 1 is 1.12 bits per heavy atom. The molecule has 124 valence electrons. The molecule has 0 bridgehead atoms. The van der Waals surface area contributed by atoms with Crippen LogP contribution in [0.5, 0.6) is 0 Å². The predicted octanol–water partition coefficient (Wildman–Crippen LogP) is 4.19. The monoisotopic (exact) mass is 499 g/mol. The van der Waals surface area contributed by atoms with E-state index in [1.165, 1.54) is 0 Å². The normalized spacial score (nSPS) is 11.0. The molecule has 0 aromatic heterocycles. The zero-order valence-electron chi connectivity index (χ0n) is 12.8. The van der Waals surface area contributed by atoms with Crippen molar-refractivity contribution in [3.63, 3.8) is 0 Å². The fraction of sp³-hybridized carbons (Fsp3) is 0.118. The van der Waals surface area contributed by atoms with Gasteiger partial charge in [-0.15, -0.1) is 0 Å². The van der Waals surface area contributed by atoms with Gasteiger partial charge in [0.05, 0.1) is 12.0 Å². The Hall–Kier alpha value is -1.74. The number of hydrogen-bond acceptors (Lipinski definition) is 3. The summed E-state index contributed by atoms with van der Waals surface area (Å²) in [6.45, 7) is 1.69. The molecule has 7 heteroatoms. The highest BCUT2D eigenvalue weighted by atomic mass is 127. The van der Waals surface area contributed by atoms with Gasteiger partial charge in [-0.2, -0.15) is 5.10 Å². The second kappa shape index (κ2) is 8.93. The summed E-state index contributed by atoms with van der Waals surface area (Å²) in [6, 6.07) is 14.5. The van der Waals surface area contributed by atoms with Gasteiger partial charge in [-0.25, -0.2) is 5.43 Å². The Morgan fingerprint density at radius 2 is 1.79 bits per heavy atom. The van der Waals surface area contributed by atoms with Crippen LogP contribution in [-0.4, -0.2) is 17.5 Å². The van der Waals surface area contributed by atoms with Crippen LogP contribution in [0.2, 0.25) is 0 Å². The molecule has 0 heterocycles. The first-order valence-corrected chi connectivity index (χ1v) is 8.96. The van der Waals surface area contributed by atoms with E-state index in [9.17, 15) is 9.59 Å². The zero-order valence-corrected chi connectivity index (χ0v) is 16.6. The standard InChI is InChI=1S/C17H15BrIN3O2/c1-11(10-16(23)20-13-8-6-12(18)7-9-13)21-22-17(24)14-4-2-3-5-15(14)19/h2-9H,10H2,1H3,(H,20,23)(H,22,24). The van der Waals surface area contributed by atoms with E-state index in [0.29, 0.717) is 17.0 Å². The molecule has 0 radical (unpaired) electrons. The van der Waals surface area contributed by atoms with E-state index in [1.54, 1.807) is 31.2 Å². The molecule has 0 atom stereocenters. The van der Waals surface area contributed by atoms with Gasteiger partial charge in [0.25, 0.3) is 5.91 Å². The Bertz CT molecular complexity index is 776. The summed E-state index contributed by atoms with van der Waals surface area (Å²) >= 11 is 5.43. The lowest BCUT2D eigenvalue weighted by molar-refractivity contribution is -0.115. The molecular weight excluding hydrogens is 485 g/mol. The summed E-state index contributed by atoms with van der Waals surface area (Å²) in [6.07, 6.45) is 0.0994. The molecule has 0 aliphatic rings. The highest BCUT2D eigenvalue weighted by Crippen LogP contribution is 2.14. The molecule has 0 spiro atoms. The highest BCUT2D eigenvalue weighted by molar-refractivity contribution is 14.1. The molecule has 0 saturated heterocycles. The molecule has 2 amide bonds. The van der Waals surface area contributed by atoms with Crippen LogP contribution < -0.4 is 10.7 Å². The van der Waals surface area contributed by atoms with E-state index in [2.05, 4.69) is 54.4 Å². The molecule has 2 rings (SSSR count). The summed E-state index contributed by atoms with van der Waals surface area (Å²) in [5, 5.41) is 6.76. The maximum Gasteiger partial charge on any atom is 0.272 e. The first kappa shape index (κ1) is 18.6. The SMILES string of the molecule is CC(CC(=O)Nc1ccc(Br)cc1)=NNC(=O)c1ccccc1I. The minimum absolute atomic E-state index is 0.0994. The Morgan fingerprint density at radius 3 is 2.46 bits per heavy atom. The maximum absolute atomic E-state index is 12.1. The molecule has 2 N–H and O–H groups in total. The number of nitrogens with one attached hydrogen (secondary N) is 2. The van der Waals surface area contributed by atoms with E-state index in [1.807, 2.05) is 24.3 Å². The molecule has 2 aromatic rings. The maximum atomic E-state index is 12.1. The number of rotatable bonds is 5. The first-order chi connectivity index (χ1) is 11.5. The van der Waals surface area contributed by atoms with E-state index < -0.39 is 0 Å². The van der Waals surface area contributed by atoms with Crippen LogP contribution in [0.15, 0.2) is 58.1 Å². The number of hydrazone groups is 1. The van der Waals surface area contributed by atoms with Crippen molar-refractivity contribution in [2.45, 2.75) is 13.3 Å². The number of hydrogen-bond donors (Lipinski definition) is 2. The van der Waals surface area contributed by atoms with Crippen molar-refractivity contribution in [1.82, 2.24) is 5.43 Å². The lowest BCUT2D eigenvalue weighted by atomic mass is 10.2. The van der Waals surface area contributed by atoms with Crippen molar-refractivity contribution in [2.24, 2.45) is 5.10 Å². The van der Waals surface area contributed by atoms with Gasteiger partial charge in [-0.1, -0.05) is 28.1 Å². The van der Waals surface area contributed by atoms with Crippen LogP contribution in [0.3, 0.4) is 0 Å². The smallest absolute Gasteiger partial charge is 0.272 e. The van der Waals surface area contributed by atoms with Crippen LogP contribution in [0.25, 0.3) is 0 Å². The molecule has 0 aliphatic carbocycles. The third-order valence-electron chi connectivity index (χ3n) is 3.01. The number of benzene rings is 2. The highest BCUT2D eigenvalue weighted by Gasteiger charge is 2.09. The van der Waals surface area contributed by atoms with Crippen LogP contribution in [0, 0.1) is 3.57 Å². The van der Waals surface area contributed by atoms with Crippen LogP contribution in [0.1, 0.15) is 23.7 Å². The van der Waals surface area contributed by atoms with Crippen molar-refractivity contribution < 1.29 is 9.59 Å². The number of nitrogens with zero attached hydrogens (tertiary/aromatic N) is 1. The second-order valence-electron chi connectivity index (χ2n) is 5.00. The number of halogens is 2. The largest absolute Gasteiger partial charge is 0.326 e. The topological polar surface area (TPSA) is 70.6 Å². The fourth-order valence-corrected chi connectivity index (χ4v) is 2.76. The van der Waals surface area contributed by atoms with Crippen molar-refractivity contribution in [3.8, 4) is 0 Å². The zero-order chi connectivity index (χ0) is 17.5. The van der Waals surface area contributed by atoms with E-state index >= 15 is 0 Å². The van der Waals surface area contributed by atoms with E-state index in [0.717, 1.165) is 8.04 Å². The number of amides is 2. The molecule has 24 heavy (non-hydrogen) atoms. The van der Waals surface area contributed by atoms with Crippen LogP contribution in [-0.2, 0) is 4.79 Å². The van der Waals surface area contributed by atoms with E-state index in [-0.39, 0.29) is 18.2 Å². The van der Waals surface area contributed by atoms with Gasteiger partial charge in [0, 0.05) is 19.4 Å². The van der Waals surface area contributed by atoms with E-state index in [4.69, 9.17) is 0 Å². The minimum atomic E-state index is -0.298. The number of carbonyl (C=O) groups excluding carboxylic acids is 2. The number of anilines is 1. The molecule has 0 fully saturated rings. The summed E-state index contributed by atoms with van der Waals surface area (Å²) in [5.74, 6) is -0.491. The summed E-state index contributed by atoms with van der Waals surface area (Å²) < 4.78 is 1.78. The minimum Gasteiger partial charge on any atom is -0.326 e. The molecule has 2 aromatic carbocycles. The summed E-state index contributed by atoms with van der Waals surface area (Å²) in [5.41, 5.74) is 4.25. The third-order valence-corrected chi connectivity index (χ3v) is 4.48. The lowest BCUT2D eigenvalue weighted by Gasteiger charge is -2.06. The molecule has 0 aliphatic heterocycles. The first-order valence-electron chi connectivity index (χ1n) is 7.09. The van der Waals surface area contributed by atoms with Crippen molar-refractivity contribution >= 4 is 61.7 Å². The van der Waals surface area contributed by atoms with Crippen LogP contribution in [0.4, 0.5) is 5.69 Å².